The van der Waals surface area contributed by atoms with Crippen molar-refractivity contribution < 1.29 is 18.0 Å². The predicted molar refractivity (Wildman–Crippen MR) is 107 cm³/mol. The standard InChI is InChI=1S/C20H29N3O4S/c24-19(21-16-8-4-1-2-5-9-16)20(25)22-17-10-12-18(13-11-17)28(26,27)23-14-6-3-7-15-23/h10-13,16H,1-9,14-15H2,(H,21,24)(H,22,25). The van der Waals surface area contributed by atoms with E-state index in [1.54, 1.807) is 0 Å². The van der Waals surface area contributed by atoms with Gasteiger partial charge in [0.2, 0.25) is 10.0 Å². The zero-order valence-electron chi connectivity index (χ0n) is 16.2. The van der Waals surface area contributed by atoms with Gasteiger partial charge >= 0.3 is 11.8 Å². The average molecular weight is 408 g/mol. The maximum atomic E-state index is 12.7. The van der Waals surface area contributed by atoms with Crippen LogP contribution in [0.25, 0.3) is 0 Å². The van der Waals surface area contributed by atoms with Crippen LogP contribution in [0, 0.1) is 0 Å². The Morgan fingerprint density at radius 3 is 2.00 bits per heavy atom. The van der Waals surface area contributed by atoms with Crippen molar-refractivity contribution in [2.75, 3.05) is 18.4 Å². The third-order valence-corrected chi connectivity index (χ3v) is 7.37. The number of nitrogens with one attached hydrogen (secondary N) is 2. The lowest BCUT2D eigenvalue weighted by atomic mass is 10.1. The van der Waals surface area contributed by atoms with Gasteiger partial charge in [-0.3, -0.25) is 9.59 Å². The van der Waals surface area contributed by atoms with Crippen molar-refractivity contribution in [3.63, 3.8) is 0 Å². The SMILES string of the molecule is O=C(Nc1ccc(S(=O)(=O)N2CCCCC2)cc1)C(=O)NC1CCCCCC1. The van der Waals surface area contributed by atoms with Gasteiger partial charge in [0.15, 0.2) is 0 Å². The number of carbonyl (C=O) groups is 2. The number of piperidine rings is 1. The van der Waals surface area contributed by atoms with Gasteiger partial charge in [0.25, 0.3) is 0 Å². The summed E-state index contributed by atoms with van der Waals surface area (Å²) in [6.07, 6.45) is 9.10. The summed E-state index contributed by atoms with van der Waals surface area (Å²) in [5.41, 5.74) is 0.401. The van der Waals surface area contributed by atoms with Gasteiger partial charge in [-0.1, -0.05) is 32.1 Å². The highest BCUT2D eigenvalue weighted by Crippen LogP contribution is 2.22. The molecule has 1 saturated carbocycles. The molecule has 0 atom stereocenters. The van der Waals surface area contributed by atoms with Crippen LogP contribution in [-0.4, -0.2) is 43.7 Å². The quantitative estimate of drug-likeness (QED) is 0.592. The minimum atomic E-state index is -3.50. The Hall–Kier alpha value is -1.93. The molecular weight excluding hydrogens is 378 g/mol. The van der Waals surface area contributed by atoms with E-state index in [1.165, 1.54) is 41.4 Å². The Bertz CT molecular complexity index is 778. The third-order valence-electron chi connectivity index (χ3n) is 5.46. The van der Waals surface area contributed by atoms with Crippen LogP contribution in [0.5, 0.6) is 0 Å². The summed E-state index contributed by atoms with van der Waals surface area (Å²) in [5.74, 6) is -1.37. The van der Waals surface area contributed by atoms with Crippen molar-refractivity contribution in [3.05, 3.63) is 24.3 Å². The number of benzene rings is 1. The molecule has 1 aliphatic heterocycles. The highest BCUT2D eigenvalue weighted by Gasteiger charge is 2.26. The number of nitrogens with zero attached hydrogens (tertiary/aromatic N) is 1. The molecule has 154 valence electrons. The lowest BCUT2D eigenvalue weighted by Crippen LogP contribution is -2.41. The smallest absolute Gasteiger partial charge is 0.313 e. The van der Waals surface area contributed by atoms with E-state index < -0.39 is 21.8 Å². The fourth-order valence-electron chi connectivity index (χ4n) is 3.83. The molecule has 0 aromatic heterocycles. The third kappa shape index (κ3) is 5.32. The first kappa shape index (κ1) is 20.8. The summed E-state index contributed by atoms with van der Waals surface area (Å²) in [6, 6.07) is 6.05. The Kier molecular flexibility index (Phi) is 7.07. The number of hydrogen-bond donors (Lipinski definition) is 2. The molecule has 8 heteroatoms. The van der Waals surface area contributed by atoms with Crippen molar-refractivity contribution in [2.45, 2.75) is 68.7 Å². The Morgan fingerprint density at radius 2 is 1.39 bits per heavy atom. The molecule has 1 saturated heterocycles. The van der Waals surface area contributed by atoms with Crippen LogP contribution in [0.15, 0.2) is 29.2 Å². The molecule has 3 rings (SSSR count). The molecule has 0 unspecified atom stereocenters. The molecule has 1 aromatic rings. The normalized spacial score (nSPS) is 19.6. The molecule has 0 spiro atoms. The lowest BCUT2D eigenvalue weighted by molar-refractivity contribution is -0.136. The topological polar surface area (TPSA) is 95.6 Å². The van der Waals surface area contributed by atoms with Crippen LogP contribution in [0.3, 0.4) is 0 Å². The number of amides is 2. The highest BCUT2D eigenvalue weighted by atomic mass is 32.2. The molecule has 2 N–H and O–H groups in total. The number of carbonyl (C=O) groups excluding carboxylic acids is 2. The average Bonchev–Trinajstić information content (AvgIpc) is 2.97. The number of sulfonamides is 1. The van der Waals surface area contributed by atoms with Gasteiger partial charge in [0, 0.05) is 24.8 Å². The molecule has 1 aliphatic carbocycles. The van der Waals surface area contributed by atoms with E-state index in [9.17, 15) is 18.0 Å². The van der Waals surface area contributed by atoms with Crippen molar-refractivity contribution in [1.29, 1.82) is 0 Å². The Morgan fingerprint density at radius 1 is 0.821 bits per heavy atom. The van der Waals surface area contributed by atoms with Crippen molar-refractivity contribution in [1.82, 2.24) is 9.62 Å². The second kappa shape index (κ2) is 9.52. The van der Waals surface area contributed by atoms with E-state index in [0.717, 1.165) is 44.9 Å². The second-order valence-electron chi connectivity index (χ2n) is 7.61. The number of rotatable bonds is 4. The predicted octanol–water partition coefficient (Wildman–Crippen LogP) is 2.64. The van der Waals surface area contributed by atoms with Crippen LogP contribution in [0.1, 0.15) is 57.8 Å². The minimum absolute atomic E-state index is 0.0535. The summed E-state index contributed by atoms with van der Waals surface area (Å²) in [7, 11) is -3.50. The Balaban J connectivity index is 1.57. The van der Waals surface area contributed by atoms with E-state index in [4.69, 9.17) is 0 Å². The van der Waals surface area contributed by atoms with Crippen LogP contribution in [-0.2, 0) is 19.6 Å². The van der Waals surface area contributed by atoms with Crippen LogP contribution >= 0.6 is 0 Å². The highest BCUT2D eigenvalue weighted by molar-refractivity contribution is 7.89. The van der Waals surface area contributed by atoms with E-state index in [0.29, 0.717) is 18.8 Å². The first-order chi connectivity index (χ1) is 13.5. The molecule has 1 aromatic carbocycles. The van der Waals surface area contributed by atoms with Crippen LogP contribution in [0.2, 0.25) is 0 Å². The summed E-state index contributed by atoms with van der Waals surface area (Å²) in [4.78, 5) is 24.5. The number of hydrogen-bond acceptors (Lipinski definition) is 4. The lowest BCUT2D eigenvalue weighted by Gasteiger charge is -2.25. The second-order valence-corrected chi connectivity index (χ2v) is 9.54. The molecule has 28 heavy (non-hydrogen) atoms. The fourth-order valence-corrected chi connectivity index (χ4v) is 5.34. The Labute approximate surface area is 166 Å². The minimum Gasteiger partial charge on any atom is -0.345 e. The molecule has 1 heterocycles. The molecule has 0 bridgehead atoms. The van der Waals surface area contributed by atoms with Gasteiger partial charge in [0.05, 0.1) is 4.90 Å². The van der Waals surface area contributed by atoms with E-state index in [-0.39, 0.29) is 10.9 Å². The molecule has 2 fully saturated rings. The van der Waals surface area contributed by atoms with Crippen molar-refractivity contribution >= 4 is 27.5 Å². The van der Waals surface area contributed by atoms with Gasteiger partial charge < -0.3 is 10.6 Å². The maximum Gasteiger partial charge on any atom is 0.313 e. The molecule has 0 radical (unpaired) electrons. The zero-order valence-corrected chi connectivity index (χ0v) is 17.0. The maximum absolute atomic E-state index is 12.7. The van der Waals surface area contributed by atoms with Gasteiger partial charge in [-0.2, -0.15) is 4.31 Å². The molecule has 2 aliphatic rings. The van der Waals surface area contributed by atoms with Gasteiger partial charge in [-0.15, -0.1) is 0 Å². The monoisotopic (exact) mass is 407 g/mol. The van der Waals surface area contributed by atoms with E-state index in [1.807, 2.05) is 0 Å². The zero-order chi connectivity index (χ0) is 20.0. The summed E-state index contributed by atoms with van der Waals surface area (Å²) < 4.78 is 26.8. The summed E-state index contributed by atoms with van der Waals surface area (Å²) in [6.45, 7) is 1.09. The van der Waals surface area contributed by atoms with E-state index in [2.05, 4.69) is 10.6 Å². The molecule has 7 nitrogen and oxygen atoms in total. The summed E-state index contributed by atoms with van der Waals surface area (Å²) in [5, 5.41) is 5.35. The van der Waals surface area contributed by atoms with Gasteiger partial charge in [-0.05, 0) is 49.9 Å². The molecular formula is C20H29N3O4S. The van der Waals surface area contributed by atoms with Crippen molar-refractivity contribution in [2.24, 2.45) is 0 Å². The van der Waals surface area contributed by atoms with Gasteiger partial charge in [-0.25, -0.2) is 8.42 Å². The summed E-state index contributed by atoms with van der Waals surface area (Å²) >= 11 is 0. The van der Waals surface area contributed by atoms with Crippen LogP contribution < -0.4 is 10.6 Å². The molecule has 2 amide bonds. The van der Waals surface area contributed by atoms with E-state index >= 15 is 0 Å². The number of anilines is 1. The van der Waals surface area contributed by atoms with Gasteiger partial charge in [0.1, 0.15) is 0 Å². The largest absolute Gasteiger partial charge is 0.345 e. The van der Waals surface area contributed by atoms with Crippen LogP contribution in [0.4, 0.5) is 5.69 Å². The van der Waals surface area contributed by atoms with Crippen molar-refractivity contribution in [3.8, 4) is 0 Å². The first-order valence-electron chi connectivity index (χ1n) is 10.2. The fraction of sp³-hybridized carbons (Fsp3) is 0.600. The first-order valence-corrected chi connectivity index (χ1v) is 11.6.